The van der Waals surface area contributed by atoms with Crippen molar-refractivity contribution in [1.29, 1.82) is 0 Å². The van der Waals surface area contributed by atoms with Crippen molar-refractivity contribution in [2.24, 2.45) is 15.9 Å². The number of H-pyrrole nitrogens is 1. The van der Waals surface area contributed by atoms with Crippen LogP contribution in [0.2, 0.25) is 0 Å². The number of nitrogens with two attached hydrogens (primary N) is 1. The first-order valence-corrected chi connectivity index (χ1v) is 8.27. The molecule has 2 aromatic carbocycles. The molecular formula is C19H16N4O4. The molecule has 0 spiro atoms. The van der Waals surface area contributed by atoms with Gasteiger partial charge in [0, 0.05) is 23.0 Å². The fourth-order valence-electron chi connectivity index (χ4n) is 3.05. The molecule has 0 fully saturated rings. The van der Waals surface area contributed by atoms with Gasteiger partial charge in [0.1, 0.15) is 18.0 Å². The van der Waals surface area contributed by atoms with E-state index >= 15 is 0 Å². The Balaban J connectivity index is 1.91. The van der Waals surface area contributed by atoms with Crippen LogP contribution >= 0.6 is 0 Å². The molecule has 5 N–H and O–H groups in total. The highest BCUT2D eigenvalue weighted by molar-refractivity contribution is 6.58. The Morgan fingerprint density at radius 3 is 2.85 bits per heavy atom. The first kappa shape index (κ1) is 16.8. The van der Waals surface area contributed by atoms with Crippen molar-refractivity contribution in [2.75, 3.05) is 13.2 Å². The smallest absolute Gasteiger partial charge is 0.335 e. The molecule has 0 saturated heterocycles. The summed E-state index contributed by atoms with van der Waals surface area (Å²) in [7, 11) is 0. The number of aromatic nitrogens is 1. The maximum absolute atomic E-state index is 11.3. The topological polar surface area (TPSA) is 133 Å². The van der Waals surface area contributed by atoms with Crippen LogP contribution in [0.25, 0.3) is 10.9 Å². The van der Waals surface area contributed by atoms with Crippen molar-refractivity contribution in [1.82, 2.24) is 4.98 Å². The molecule has 2 heterocycles. The Morgan fingerprint density at radius 2 is 2.07 bits per heavy atom. The van der Waals surface area contributed by atoms with E-state index in [4.69, 9.17) is 10.6 Å². The third-order valence-corrected chi connectivity index (χ3v) is 4.24. The van der Waals surface area contributed by atoms with Gasteiger partial charge in [0.15, 0.2) is 5.88 Å². The Hall–Kier alpha value is -3.65. The van der Waals surface area contributed by atoms with Crippen LogP contribution in [-0.2, 0) is 4.84 Å². The number of oxime groups is 1. The number of hydrogen-bond acceptors (Lipinski definition) is 6. The minimum absolute atomic E-state index is 0.108. The summed E-state index contributed by atoms with van der Waals surface area (Å²) < 4.78 is 0. The summed E-state index contributed by atoms with van der Waals surface area (Å²) in [5.74, 6) is -1.18. The fourth-order valence-corrected chi connectivity index (χ4v) is 3.05. The van der Waals surface area contributed by atoms with Gasteiger partial charge in [-0.1, -0.05) is 23.4 Å². The Labute approximate surface area is 153 Å². The zero-order valence-electron chi connectivity index (χ0n) is 14.1. The predicted octanol–water partition coefficient (Wildman–Crippen LogP) is 2.39. The molecular weight excluding hydrogens is 348 g/mol. The molecule has 1 aromatic heterocycles. The second-order valence-electron chi connectivity index (χ2n) is 5.95. The lowest BCUT2D eigenvalue weighted by Gasteiger charge is -2.05. The number of para-hydroxylation sites is 1. The molecule has 0 radical (unpaired) electrons. The quantitative estimate of drug-likeness (QED) is 0.407. The van der Waals surface area contributed by atoms with Crippen molar-refractivity contribution in [2.45, 2.75) is 0 Å². The molecule has 0 unspecified atom stereocenters. The van der Waals surface area contributed by atoms with Crippen LogP contribution in [0.4, 0.5) is 5.69 Å². The van der Waals surface area contributed by atoms with Gasteiger partial charge in [-0.2, -0.15) is 0 Å². The van der Waals surface area contributed by atoms with Crippen molar-refractivity contribution in [3.8, 4) is 5.88 Å². The van der Waals surface area contributed by atoms with Gasteiger partial charge in [0.2, 0.25) is 0 Å². The number of fused-ring (bicyclic) bond motifs is 2. The van der Waals surface area contributed by atoms with Gasteiger partial charge in [-0.05, 0) is 24.3 Å². The monoisotopic (exact) mass is 364 g/mol. The van der Waals surface area contributed by atoms with Crippen LogP contribution in [0.5, 0.6) is 5.88 Å². The van der Waals surface area contributed by atoms with Crippen molar-refractivity contribution >= 4 is 34.0 Å². The lowest BCUT2D eigenvalue weighted by molar-refractivity contribution is 0.0697. The Morgan fingerprint density at radius 1 is 1.26 bits per heavy atom. The number of carboxylic acid groups (broad SMARTS) is 1. The van der Waals surface area contributed by atoms with Crippen LogP contribution in [0.3, 0.4) is 0 Å². The van der Waals surface area contributed by atoms with Crippen LogP contribution < -0.4 is 5.73 Å². The number of rotatable bonds is 5. The van der Waals surface area contributed by atoms with Crippen LogP contribution in [0, 0.1) is 0 Å². The molecule has 136 valence electrons. The third kappa shape index (κ3) is 2.81. The average molecular weight is 364 g/mol. The van der Waals surface area contributed by atoms with E-state index in [1.54, 1.807) is 6.07 Å². The zero-order valence-corrected chi connectivity index (χ0v) is 14.1. The number of aliphatic imine (C=N–C) groups is 1. The second kappa shape index (κ2) is 6.58. The molecule has 4 rings (SSSR count). The molecule has 27 heavy (non-hydrogen) atoms. The minimum Gasteiger partial charge on any atom is -0.494 e. The molecule has 8 heteroatoms. The Kier molecular flexibility index (Phi) is 4.09. The maximum atomic E-state index is 11.3. The van der Waals surface area contributed by atoms with Crippen molar-refractivity contribution in [3.05, 3.63) is 59.2 Å². The number of benzene rings is 2. The SMILES string of the molecule is NCCO/N=C1/C(c2c(O)[nH]c3ccc(C(=O)O)cc23)=Nc2ccccc21. The summed E-state index contributed by atoms with van der Waals surface area (Å²) in [6.07, 6.45) is 0. The lowest BCUT2D eigenvalue weighted by atomic mass is 10.00. The first-order valence-electron chi connectivity index (χ1n) is 8.27. The van der Waals surface area contributed by atoms with E-state index in [0.717, 1.165) is 5.56 Å². The Bertz CT molecular complexity index is 1110. The highest BCUT2D eigenvalue weighted by atomic mass is 16.6. The van der Waals surface area contributed by atoms with Crippen LogP contribution in [0.15, 0.2) is 52.6 Å². The first-order chi connectivity index (χ1) is 13.1. The number of nitrogens with zero attached hydrogens (tertiary/aromatic N) is 2. The molecule has 1 aliphatic rings. The molecule has 0 aliphatic carbocycles. The number of aromatic hydroxyl groups is 1. The van der Waals surface area contributed by atoms with Gasteiger partial charge in [-0.15, -0.1) is 0 Å². The zero-order chi connectivity index (χ0) is 19.0. The largest absolute Gasteiger partial charge is 0.494 e. The average Bonchev–Trinajstić information content (AvgIpc) is 3.17. The van der Waals surface area contributed by atoms with Gasteiger partial charge >= 0.3 is 5.97 Å². The van der Waals surface area contributed by atoms with E-state index in [1.807, 2.05) is 24.3 Å². The molecule has 0 saturated carbocycles. The molecule has 0 atom stereocenters. The molecule has 1 aliphatic heterocycles. The molecule has 8 nitrogen and oxygen atoms in total. The summed E-state index contributed by atoms with van der Waals surface area (Å²) in [5, 5.41) is 24.5. The molecule has 3 aromatic rings. The highest BCUT2D eigenvalue weighted by Gasteiger charge is 2.29. The molecule has 0 amide bonds. The van der Waals surface area contributed by atoms with Crippen molar-refractivity contribution in [3.63, 3.8) is 0 Å². The summed E-state index contributed by atoms with van der Waals surface area (Å²) in [6, 6.07) is 11.9. The number of carboxylic acids is 1. The summed E-state index contributed by atoms with van der Waals surface area (Å²) >= 11 is 0. The summed E-state index contributed by atoms with van der Waals surface area (Å²) in [6.45, 7) is 0.549. The van der Waals surface area contributed by atoms with E-state index in [0.29, 0.717) is 40.1 Å². The predicted molar refractivity (Wildman–Crippen MR) is 101 cm³/mol. The maximum Gasteiger partial charge on any atom is 0.335 e. The number of hydrogen-bond donors (Lipinski definition) is 4. The standard InChI is InChI=1S/C19H16N4O4/c20-7-8-27-23-16-11-3-1-2-4-13(11)21-17(16)15-12-9-10(19(25)26)5-6-14(12)22-18(15)24/h1-6,9,22,24H,7-8,20H2,(H,25,26)/b23-16+. The van der Waals surface area contributed by atoms with Gasteiger partial charge < -0.3 is 25.8 Å². The number of aromatic amines is 1. The second-order valence-corrected chi connectivity index (χ2v) is 5.95. The minimum atomic E-state index is -1.06. The highest BCUT2D eigenvalue weighted by Crippen LogP contribution is 2.36. The van der Waals surface area contributed by atoms with Gasteiger partial charge in [0.25, 0.3) is 0 Å². The molecule has 0 bridgehead atoms. The third-order valence-electron chi connectivity index (χ3n) is 4.24. The normalized spacial score (nSPS) is 14.4. The van der Waals surface area contributed by atoms with Gasteiger partial charge in [-0.25, -0.2) is 9.79 Å². The number of nitrogens with one attached hydrogen (secondary N) is 1. The van der Waals surface area contributed by atoms with Crippen LogP contribution in [-0.4, -0.2) is 45.7 Å². The number of carbonyl (C=O) groups is 1. The van der Waals surface area contributed by atoms with Crippen molar-refractivity contribution < 1.29 is 19.8 Å². The number of aromatic carboxylic acids is 1. The van der Waals surface area contributed by atoms with E-state index < -0.39 is 5.97 Å². The van der Waals surface area contributed by atoms with E-state index in [-0.39, 0.29) is 18.1 Å². The van der Waals surface area contributed by atoms with Gasteiger partial charge in [-0.3, -0.25) is 0 Å². The van der Waals surface area contributed by atoms with E-state index in [1.165, 1.54) is 12.1 Å². The van der Waals surface area contributed by atoms with E-state index in [2.05, 4.69) is 15.1 Å². The fraction of sp³-hybridized carbons (Fsp3) is 0.105. The van der Waals surface area contributed by atoms with Gasteiger partial charge in [0.05, 0.1) is 16.8 Å². The van der Waals surface area contributed by atoms with E-state index in [9.17, 15) is 15.0 Å². The summed E-state index contributed by atoms with van der Waals surface area (Å²) in [5.41, 5.74) is 8.83. The van der Waals surface area contributed by atoms with Crippen LogP contribution in [0.1, 0.15) is 21.5 Å². The lowest BCUT2D eigenvalue weighted by Crippen LogP contribution is -2.15. The summed E-state index contributed by atoms with van der Waals surface area (Å²) in [4.78, 5) is 24.0.